The highest BCUT2D eigenvalue weighted by Crippen LogP contribution is 2.30. The van der Waals surface area contributed by atoms with Gasteiger partial charge in [-0.3, -0.25) is 4.79 Å². The van der Waals surface area contributed by atoms with Crippen molar-refractivity contribution < 1.29 is 18.7 Å². The molecule has 0 saturated heterocycles. The summed E-state index contributed by atoms with van der Waals surface area (Å²) in [6, 6.07) is 17.5. The third-order valence-electron chi connectivity index (χ3n) is 4.74. The molecule has 3 aromatic rings. The first-order valence-corrected chi connectivity index (χ1v) is 10.1. The van der Waals surface area contributed by atoms with Gasteiger partial charge in [0.1, 0.15) is 23.4 Å². The fraction of sp³-hybridized carbons (Fsp3) is 0.280. The summed E-state index contributed by atoms with van der Waals surface area (Å²) >= 11 is 0. The first-order valence-electron chi connectivity index (χ1n) is 10.1. The molecule has 1 heterocycles. The normalized spacial score (nSPS) is 11.7. The van der Waals surface area contributed by atoms with Gasteiger partial charge in [-0.15, -0.1) is 0 Å². The molecule has 0 aliphatic heterocycles. The van der Waals surface area contributed by atoms with Crippen LogP contribution >= 0.6 is 0 Å². The fourth-order valence-electron chi connectivity index (χ4n) is 3.20. The van der Waals surface area contributed by atoms with E-state index in [-0.39, 0.29) is 17.9 Å². The van der Waals surface area contributed by atoms with Crippen molar-refractivity contribution in [1.82, 2.24) is 4.98 Å². The third-order valence-corrected chi connectivity index (χ3v) is 4.74. The van der Waals surface area contributed by atoms with Gasteiger partial charge in [0.05, 0.1) is 11.4 Å². The van der Waals surface area contributed by atoms with E-state index < -0.39 is 0 Å². The molecular formula is C25H26FNO3. The van der Waals surface area contributed by atoms with Crippen LogP contribution in [-0.4, -0.2) is 11.0 Å². The molecule has 4 nitrogen and oxygen atoms in total. The summed E-state index contributed by atoms with van der Waals surface area (Å²) in [6.07, 6.45) is 2.64. The third kappa shape index (κ3) is 5.66. The molecule has 1 aromatic heterocycles. The van der Waals surface area contributed by atoms with E-state index in [2.05, 4.69) is 6.92 Å². The quantitative estimate of drug-likeness (QED) is 0.319. The van der Waals surface area contributed by atoms with E-state index >= 15 is 0 Å². The van der Waals surface area contributed by atoms with Crippen molar-refractivity contribution in [3.05, 3.63) is 77.7 Å². The number of aryl methyl sites for hydroxylation is 1. The molecule has 0 fully saturated rings. The molecule has 5 heteroatoms. The summed E-state index contributed by atoms with van der Waals surface area (Å²) in [5, 5.41) is 0. The molecule has 0 aliphatic carbocycles. The van der Waals surface area contributed by atoms with Crippen LogP contribution in [-0.2, 0) is 4.79 Å². The number of aromatic nitrogens is 1. The van der Waals surface area contributed by atoms with Gasteiger partial charge < -0.3 is 9.47 Å². The lowest BCUT2D eigenvalue weighted by Crippen LogP contribution is -2.10. The van der Waals surface area contributed by atoms with Crippen LogP contribution in [0.2, 0.25) is 0 Å². The lowest BCUT2D eigenvalue weighted by molar-refractivity contribution is -0.131. The van der Waals surface area contributed by atoms with Crippen molar-refractivity contribution in [1.29, 1.82) is 0 Å². The van der Waals surface area contributed by atoms with Crippen molar-refractivity contribution in [3.63, 3.8) is 0 Å². The van der Waals surface area contributed by atoms with Gasteiger partial charge >= 0.3 is 5.97 Å². The van der Waals surface area contributed by atoms with Crippen LogP contribution in [0.3, 0.4) is 0 Å². The Morgan fingerprint density at radius 1 is 1.10 bits per heavy atom. The van der Waals surface area contributed by atoms with Crippen LogP contribution in [0, 0.1) is 12.7 Å². The molecule has 156 valence electrons. The van der Waals surface area contributed by atoms with Gasteiger partial charge in [0, 0.05) is 12.5 Å². The molecule has 1 unspecified atom stereocenters. The maximum absolute atomic E-state index is 13.3. The van der Waals surface area contributed by atoms with Crippen LogP contribution in [0.4, 0.5) is 4.39 Å². The van der Waals surface area contributed by atoms with Crippen LogP contribution in [0.5, 0.6) is 11.5 Å². The van der Waals surface area contributed by atoms with E-state index in [1.807, 2.05) is 31.2 Å². The minimum atomic E-state index is -0.352. The molecule has 0 spiro atoms. The highest BCUT2D eigenvalue weighted by molar-refractivity contribution is 5.69. The highest BCUT2D eigenvalue weighted by Gasteiger charge is 2.17. The Bertz CT molecular complexity index is 1000. The second kappa shape index (κ2) is 10.0. The smallest absolute Gasteiger partial charge is 0.308 e. The predicted molar refractivity (Wildman–Crippen MR) is 115 cm³/mol. The first kappa shape index (κ1) is 21.5. The van der Waals surface area contributed by atoms with Crippen LogP contribution in [0.1, 0.15) is 50.5 Å². The SMILES string of the molecule is CCCCC(Oc1ccc(OC(C)=O)c(C)c1)c1cccc(-c2ccc(F)cc2)n1. The first-order chi connectivity index (χ1) is 14.5. The standard InChI is InChI=1S/C25H26FNO3/c1-4-5-9-25(30-21-14-15-24(17(2)16-21)29-18(3)28)23-8-6-7-22(27-23)19-10-12-20(26)13-11-19/h6-8,10-16,25H,4-5,9H2,1-3H3. The van der Waals surface area contributed by atoms with Gasteiger partial charge in [-0.25, -0.2) is 9.37 Å². The number of halogens is 1. The summed E-state index contributed by atoms with van der Waals surface area (Å²) in [6.45, 7) is 5.39. The maximum Gasteiger partial charge on any atom is 0.308 e. The number of pyridine rings is 1. The summed E-state index contributed by atoms with van der Waals surface area (Å²) in [4.78, 5) is 16.0. The number of esters is 1. The molecule has 3 rings (SSSR count). The Morgan fingerprint density at radius 3 is 2.53 bits per heavy atom. The average molecular weight is 407 g/mol. The van der Waals surface area contributed by atoms with Gasteiger partial charge in [-0.2, -0.15) is 0 Å². The number of carbonyl (C=O) groups is 1. The summed E-state index contributed by atoms with van der Waals surface area (Å²) < 4.78 is 24.7. The second-order valence-corrected chi connectivity index (χ2v) is 7.22. The van der Waals surface area contributed by atoms with Gasteiger partial charge in [0.25, 0.3) is 0 Å². The minimum absolute atomic E-state index is 0.218. The zero-order valence-electron chi connectivity index (χ0n) is 17.5. The number of unbranched alkanes of at least 4 members (excludes halogenated alkanes) is 1. The monoisotopic (exact) mass is 407 g/mol. The number of nitrogens with zero attached hydrogens (tertiary/aromatic N) is 1. The Labute approximate surface area is 176 Å². The Balaban J connectivity index is 1.86. The topological polar surface area (TPSA) is 48.4 Å². The Hall–Kier alpha value is -3.21. The summed E-state index contributed by atoms with van der Waals surface area (Å²) in [5.74, 6) is 0.593. The number of hydrogen-bond acceptors (Lipinski definition) is 4. The second-order valence-electron chi connectivity index (χ2n) is 7.22. The van der Waals surface area contributed by atoms with Crippen LogP contribution < -0.4 is 9.47 Å². The lowest BCUT2D eigenvalue weighted by atomic mass is 10.1. The van der Waals surface area contributed by atoms with E-state index in [1.54, 1.807) is 24.3 Å². The summed E-state index contributed by atoms with van der Waals surface area (Å²) in [5.41, 5.74) is 3.28. The molecule has 0 aliphatic rings. The van der Waals surface area contributed by atoms with Crippen molar-refractivity contribution in [2.24, 2.45) is 0 Å². The molecule has 1 atom stereocenters. The lowest BCUT2D eigenvalue weighted by Gasteiger charge is -2.20. The van der Waals surface area contributed by atoms with E-state index in [9.17, 15) is 9.18 Å². The highest BCUT2D eigenvalue weighted by atomic mass is 19.1. The maximum atomic E-state index is 13.3. The van der Waals surface area contributed by atoms with Gasteiger partial charge in [-0.05, 0) is 79.9 Å². The molecule has 2 aromatic carbocycles. The average Bonchev–Trinajstić information content (AvgIpc) is 2.73. The zero-order valence-corrected chi connectivity index (χ0v) is 17.5. The van der Waals surface area contributed by atoms with Gasteiger partial charge in [0.15, 0.2) is 0 Å². The van der Waals surface area contributed by atoms with E-state index in [1.165, 1.54) is 19.1 Å². The molecule has 0 N–H and O–H groups in total. The van der Waals surface area contributed by atoms with Crippen molar-refractivity contribution in [2.75, 3.05) is 0 Å². The number of rotatable bonds is 8. The van der Waals surface area contributed by atoms with Gasteiger partial charge in [0.2, 0.25) is 0 Å². The van der Waals surface area contributed by atoms with Crippen LogP contribution in [0.25, 0.3) is 11.3 Å². The van der Waals surface area contributed by atoms with Crippen molar-refractivity contribution >= 4 is 5.97 Å². The number of carbonyl (C=O) groups excluding carboxylic acids is 1. The Kier molecular flexibility index (Phi) is 7.17. The van der Waals surface area contributed by atoms with E-state index in [0.717, 1.165) is 41.8 Å². The number of ether oxygens (including phenoxy) is 2. The van der Waals surface area contributed by atoms with Gasteiger partial charge in [-0.1, -0.05) is 19.4 Å². The Morgan fingerprint density at radius 2 is 1.87 bits per heavy atom. The van der Waals surface area contributed by atoms with Crippen molar-refractivity contribution in [2.45, 2.75) is 46.1 Å². The summed E-state index contributed by atoms with van der Waals surface area (Å²) in [7, 11) is 0. The predicted octanol–water partition coefficient (Wildman–Crippen LogP) is 6.43. The number of hydrogen-bond donors (Lipinski definition) is 0. The molecule has 0 radical (unpaired) electrons. The van der Waals surface area contributed by atoms with E-state index in [4.69, 9.17) is 14.5 Å². The molecular weight excluding hydrogens is 381 g/mol. The number of benzene rings is 2. The van der Waals surface area contributed by atoms with Crippen molar-refractivity contribution in [3.8, 4) is 22.8 Å². The largest absolute Gasteiger partial charge is 0.484 e. The minimum Gasteiger partial charge on any atom is -0.484 e. The molecule has 0 bridgehead atoms. The zero-order chi connectivity index (χ0) is 21.5. The van der Waals surface area contributed by atoms with E-state index in [0.29, 0.717) is 11.5 Å². The fourth-order valence-corrected chi connectivity index (χ4v) is 3.20. The molecule has 30 heavy (non-hydrogen) atoms. The van der Waals surface area contributed by atoms with Crippen LogP contribution in [0.15, 0.2) is 60.7 Å². The molecule has 0 saturated carbocycles. The molecule has 0 amide bonds.